The van der Waals surface area contributed by atoms with Crippen LogP contribution in [-0.2, 0) is 0 Å². The molecule has 0 saturated carbocycles. The Morgan fingerprint density at radius 2 is 2.11 bits per heavy atom. The van der Waals surface area contributed by atoms with Crippen molar-refractivity contribution in [1.29, 1.82) is 0 Å². The summed E-state index contributed by atoms with van der Waals surface area (Å²) in [7, 11) is 0. The van der Waals surface area contributed by atoms with Gasteiger partial charge in [0.25, 0.3) is 0 Å². The maximum Gasteiger partial charge on any atom is 0.225 e. The second-order valence-corrected chi connectivity index (χ2v) is 4.62. The number of anilines is 1. The normalized spacial score (nSPS) is 15.3. The van der Waals surface area contributed by atoms with Crippen molar-refractivity contribution < 1.29 is 0 Å². The number of halogens is 1. The minimum atomic E-state index is 0.238. The third-order valence-electron chi connectivity index (χ3n) is 2.93. The van der Waals surface area contributed by atoms with Crippen molar-refractivity contribution in [1.82, 2.24) is 20.2 Å². The molecule has 0 radical (unpaired) electrons. The predicted octanol–water partition coefficient (Wildman–Crippen LogP) is 2.59. The van der Waals surface area contributed by atoms with E-state index in [-0.39, 0.29) is 5.28 Å². The lowest BCUT2D eigenvalue weighted by Crippen LogP contribution is -2.20. The third kappa shape index (κ3) is 1.76. The van der Waals surface area contributed by atoms with E-state index in [1.807, 2.05) is 24.1 Å². The highest BCUT2D eigenvalue weighted by Crippen LogP contribution is 2.26. The number of hydrogen-bond acceptors (Lipinski definition) is 4. The van der Waals surface area contributed by atoms with Crippen LogP contribution in [0, 0.1) is 6.92 Å². The molecule has 0 fully saturated rings. The summed E-state index contributed by atoms with van der Waals surface area (Å²) in [5.41, 5.74) is 3.64. The molecular weight excluding hydrogens is 250 g/mol. The van der Waals surface area contributed by atoms with Gasteiger partial charge < -0.3 is 4.90 Å². The van der Waals surface area contributed by atoms with Crippen LogP contribution in [-0.4, -0.2) is 26.7 Å². The summed E-state index contributed by atoms with van der Waals surface area (Å²) in [5.74, 6) is 0.731. The maximum absolute atomic E-state index is 5.97. The van der Waals surface area contributed by atoms with Gasteiger partial charge in [-0.05, 0) is 31.5 Å². The SMILES string of the molecule is CC1=CCN(c2nc(Cl)nc3c(C)[nH]nc23)C=C1. The Morgan fingerprint density at radius 1 is 1.28 bits per heavy atom. The molecule has 18 heavy (non-hydrogen) atoms. The first-order valence-electron chi connectivity index (χ1n) is 5.65. The molecule has 5 nitrogen and oxygen atoms in total. The molecule has 0 saturated heterocycles. The van der Waals surface area contributed by atoms with E-state index in [4.69, 9.17) is 11.6 Å². The van der Waals surface area contributed by atoms with Gasteiger partial charge in [0.1, 0.15) is 5.52 Å². The molecule has 2 aromatic rings. The number of nitrogens with zero attached hydrogens (tertiary/aromatic N) is 4. The van der Waals surface area contributed by atoms with Crippen LogP contribution in [0.25, 0.3) is 11.0 Å². The number of hydrogen-bond donors (Lipinski definition) is 1. The first-order chi connectivity index (χ1) is 8.65. The summed E-state index contributed by atoms with van der Waals surface area (Å²) in [6.45, 7) is 4.74. The molecule has 1 aliphatic heterocycles. The predicted molar refractivity (Wildman–Crippen MR) is 71.7 cm³/mol. The van der Waals surface area contributed by atoms with Gasteiger partial charge in [-0.15, -0.1) is 0 Å². The molecule has 1 aliphatic rings. The molecule has 0 spiro atoms. The molecule has 3 rings (SSSR count). The number of nitrogens with one attached hydrogen (secondary N) is 1. The van der Waals surface area contributed by atoms with Crippen LogP contribution in [0.5, 0.6) is 0 Å². The van der Waals surface area contributed by atoms with E-state index in [0.29, 0.717) is 0 Å². The van der Waals surface area contributed by atoms with Gasteiger partial charge in [0.15, 0.2) is 11.3 Å². The molecule has 2 aromatic heterocycles. The van der Waals surface area contributed by atoms with Crippen LogP contribution < -0.4 is 4.90 Å². The minimum absolute atomic E-state index is 0.238. The quantitative estimate of drug-likeness (QED) is 0.802. The van der Waals surface area contributed by atoms with Crippen LogP contribution in [0.1, 0.15) is 12.6 Å². The van der Waals surface area contributed by atoms with E-state index in [1.54, 1.807) is 0 Å². The molecule has 6 heteroatoms. The molecule has 0 amide bonds. The zero-order chi connectivity index (χ0) is 12.7. The van der Waals surface area contributed by atoms with Gasteiger partial charge in [-0.1, -0.05) is 11.6 Å². The van der Waals surface area contributed by atoms with Crippen molar-refractivity contribution >= 4 is 28.5 Å². The first-order valence-corrected chi connectivity index (χ1v) is 6.03. The van der Waals surface area contributed by atoms with E-state index in [0.717, 1.165) is 29.1 Å². The Bertz CT molecular complexity index is 670. The Labute approximate surface area is 109 Å². The van der Waals surface area contributed by atoms with Gasteiger partial charge >= 0.3 is 0 Å². The second kappa shape index (κ2) is 4.10. The lowest BCUT2D eigenvalue weighted by molar-refractivity contribution is 1.00. The molecule has 0 bridgehead atoms. The third-order valence-corrected chi connectivity index (χ3v) is 3.10. The van der Waals surface area contributed by atoms with Crippen molar-refractivity contribution in [3.63, 3.8) is 0 Å². The van der Waals surface area contributed by atoms with Gasteiger partial charge in [-0.25, -0.2) is 4.98 Å². The molecule has 0 unspecified atom stereocenters. The smallest absolute Gasteiger partial charge is 0.225 e. The average Bonchev–Trinajstić information content (AvgIpc) is 2.71. The van der Waals surface area contributed by atoms with Crippen LogP contribution in [0.2, 0.25) is 5.28 Å². The van der Waals surface area contributed by atoms with Crippen LogP contribution in [0.4, 0.5) is 5.82 Å². The largest absolute Gasteiger partial charge is 0.327 e. The molecule has 92 valence electrons. The van der Waals surface area contributed by atoms with Gasteiger partial charge in [0.2, 0.25) is 5.28 Å². The zero-order valence-electron chi connectivity index (χ0n) is 10.1. The first kappa shape index (κ1) is 11.2. The Morgan fingerprint density at radius 3 is 2.83 bits per heavy atom. The second-order valence-electron chi connectivity index (χ2n) is 4.28. The van der Waals surface area contributed by atoms with E-state index >= 15 is 0 Å². The summed E-state index contributed by atoms with van der Waals surface area (Å²) in [4.78, 5) is 10.5. The molecule has 0 aliphatic carbocycles. The maximum atomic E-state index is 5.97. The van der Waals surface area contributed by atoms with Crippen molar-refractivity contribution in [3.8, 4) is 0 Å². The minimum Gasteiger partial charge on any atom is -0.327 e. The van der Waals surface area contributed by atoms with E-state index in [9.17, 15) is 0 Å². The Kier molecular flexibility index (Phi) is 2.56. The summed E-state index contributed by atoms with van der Waals surface area (Å²) < 4.78 is 0. The average molecular weight is 262 g/mol. The van der Waals surface area contributed by atoms with Crippen LogP contribution >= 0.6 is 11.6 Å². The molecule has 0 atom stereocenters. The van der Waals surface area contributed by atoms with E-state index in [1.165, 1.54) is 5.57 Å². The number of fused-ring (bicyclic) bond motifs is 1. The monoisotopic (exact) mass is 261 g/mol. The Balaban J connectivity index is 2.15. The number of H-pyrrole nitrogens is 1. The van der Waals surface area contributed by atoms with Crippen molar-refractivity contribution in [2.24, 2.45) is 0 Å². The van der Waals surface area contributed by atoms with Gasteiger partial charge in [0, 0.05) is 12.7 Å². The zero-order valence-corrected chi connectivity index (χ0v) is 10.9. The van der Waals surface area contributed by atoms with Gasteiger partial charge in [0.05, 0.1) is 5.69 Å². The van der Waals surface area contributed by atoms with Crippen molar-refractivity contribution in [3.05, 3.63) is 34.9 Å². The van der Waals surface area contributed by atoms with Crippen LogP contribution in [0.15, 0.2) is 23.9 Å². The molecule has 3 heterocycles. The number of aryl methyl sites for hydroxylation is 1. The summed E-state index contributed by atoms with van der Waals surface area (Å²) in [6.07, 6.45) is 6.14. The Hall–Kier alpha value is -1.88. The molecule has 1 N–H and O–H groups in total. The fourth-order valence-corrected chi connectivity index (χ4v) is 2.07. The topological polar surface area (TPSA) is 57.7 Å². The number of aromatic nitrogens is 4. The van der Waals surface area contributed by atoms with Gasteiger partial charge in [-0.2, -0.15) is 10.1 Å². The number of rotatable bonds is 1. The molecule has 0 aromatic carbocycles. The summed E-state index contributed by atoms with van der Waals surface area (Å²) >= 11 is 5.97. The summed E-state index contributed by atoms with van der Waals surface area (Å²) in [6, 6.07) is 0. The highest BCUT2D eigenvalue weighted by molar-refractivity contribution is 6.28. The molecular formula is C12H12ClN5. The van der Waals surface area contributed by atoms with E-state index in [2.05, 4.69) is 33.2 Å². The number of aromatic amines is 1. The highest BCUT2D eigenvalue weighted by Gasteiger charge is 2.16. The fourth-order valence-electron chi connectivity index (χ4n) is 1.91. The highest BCUT2D eigenvalue weighted by atomic mass is 35.5. The lowest BCUT2D eigenvalue weighted by atomic mass is 10.2. The van der Waals surface area contributed by atoms with Crippen molar-refractivity contribution in [2.75, 3.05) is 11.4 Å². The lowest BCUT2D eigenvalue weighted by Gasteiger charge is -2.20. The van der Waals surface area contributed by atoms with Gasteiger partial charge in [-0.3, -0.25) is 5.10 Å². The van der Waals surface area contributed by atoms with E-state index < -0.39 is 0 Å². The number of allylic oxidation sites excluding steroid dienone is 2. The van der Waals surface area contributed by atoms with Crippen molar-refractivity contribution in [2.45, 2.75) is 13.8 Å². The summed E-state index contributed by atoms with van der Waals surface area (Å²) in [5, 5.41) is 7.40. The standard InChI is InChI=1S/C12H12ClN5/c1-7-3-5-18(6-4-7)11-10-9(8(2)16-17-10)14-12(13)15-11/h3-5H,6H2,1-2H3,(H,16,17). The fraction of sp³-hybridized carbons (Fsp3) is 0.250. The van der Waals surface area contributed by atoms with Crippen LogP contribution in [0.3, 0.4) is 0 Å².